The van der Waals surface area contributed by atoms with E-state index in [1.807, 2.05) is 4.90 Å². The predicted octanol–water partition coefficient (Wildman–Crippen LogP) is 3.71. The number of furan rings is 1. The Morgan fingerprint density at radius 2 is 2.47 bits per heavy atom. The van der Waals surface area contributed by atoms with Gasteiger partial charge in [-0.25, -0.2) is 0 Å². The molecule has 17 heavy (non-hydrogen) atoms. The van der Waals surface area contributed by atoms with Gasteiger partial charge < -0.3 is 9.32 Å². The molecule has 2 rings (SSSR count). The number of amides is 1. The molecule has 1 unspecified atom stereocenters. The molecule has 0 bridgehead atoms. The quantitative estimate of drug-likeness (QED) is 0.792. The van der Waals surface area contributed by atoms with Gasteiger partial charge in [-0.2, -0.15) is 0 Å². The summed E-state index contributed by atoms with van der Waals surface area (Å²) in [4.78, 5) is 14.2. The summed E-state index contributed by atoms with van der Waals surface area (Å²) in [6.45, 7) is 0.827. The van der Waals surface area contributed by atoms with E-state index in [0.29, 0.717) is 11.6 Å². The van der Waals surface area contributed by atoms with E-state index in [2.05, 4.69) is 15.9 Å². The molecular weight excluding hydrogens is 305 g/mol. The lowest BCUT2D eigenvalue weighted by atomic mass is 10.1. The van der Waals surface area contributed by atoms with Crippen LogP contribution in [0.4, 0.5) is 0 Å². The lowest BCUT2D eigenvalue weighted by Crippen LogP contribution is -2.35. The first-order valence-electron chi connectivity index (χ1n) is 5.84. The monoisotopic (exact) mass is 319 g/mol. The number of carbonyl (C=O) groups excluding carboxylic acids is 1. The first kappa shape index (κ1) is 13.0. The summed E-state index contributed by atoms with van der Waals surface area (Å²) in [5, 5.41) is 1.18. The van der Waals surface area contributed by atoms with Gasteiger partial charge in [0.1, 0.15) is 0 Å². The van der Waals surface area contributed by atoms with Crippen LogP contribution in [0.2, 0.25) is 5.22 Å². The molecule has 3 nitrogen and oxygen atoms in total. The van der Waals surface area contributed by atoms with Gasteiger partial charge >= 0.3 is 0 Å². The highest BCUT2D eigenvalue weighted by Gasteiger charge is 2.30. The molecule has 94 valence electrons. The van der Waals surface area contributed by atoms with Crippen molar-refractivity contribution in [1.82, 2.24) is 4.90 Å². The summed E-state index contributed by atoms with van der Waals surface area (Å²) in [6, 6.07) is 2.00. The average molecular weight is 321 g/mol. The van der Waals surface area contributed by atoms with Crippen LogP contribution < -0.4 is 0 Å². The zero-order valence-electron chi connectivity index (χ0n) is 9.49. The fourth-order valence-electron chi connectivity index (χ4n) is 2.32. The normalized spacial score (nSPS) is 19.9. The molecule has 0 radical (unpaired) electrons. The van der Waals surface area contributed by atoms with Gasteiger partial charge in [0.2, 0.25) is 5.22 Å². The molecule has 5 heteroatoms. The molecule has 2 heterocycles. The molecular formula is C12H15BrClNO2. The number of likely N-dealkylation sites (tertiary alicyclic amines) is 1. The van der Waals surface area contributed by atoms with Gasteiger partial charge in [-0.05, 0) is 43.4 Å². The number of carbonyl (C=O) groups is 1. The average Bonchev–Trinajstić information content (AvgIpc) is 2.94. The number of rotatable bonds is 4. The first-order valence-corrected chi connectivity index (χ1v) is 7.34. The lowest BCUT2D eigenvalue weighted by Gasteiger charge is -2.24. The molecule has 1 aliphatic heterocycles. The summed E-state index contributed by atoms with van der Waals surface area (Å²) < 4.78 is 4.97. The minimum atomic E-state index is 0.000762. The van der Waals surface area contributed by atoms with Crippen LogP contribution in [0.25, 0.3) is 0 Å². The predicted molar refractivity (Wildman–Crippen MR) is 70.8 cm³/mol. The van der Waals surface area contributed by atoms with E-state index in [1.54, 1.807) is 6.07 Å². The van der Waals surface area contributed by atoms with E-state index in [1.165, 1.54) is 6.26 Å². The smallest absolute Gasteiger partial charge is 0.258 e. The van der Waals surface area contributed by atoms with Gasteiger partial charge in [-0.3, -0.25) is 4.79 Å². The van der Waals surface area contributed by atoms with E-state index in [0.717, 1.165) is 37.6 Å². The second kappa shape index (κ2) is 5.91. The largest absolute Gasteiger partial charge is 0.452 e. The number of hydrogen-bond donors (Lipinski definition) is 0. The molecule has 0 aliphatic carbocycles. The molecule has 1 amide bonds. The molecule has 0 spiro atoms. The van der Waals surface area contributed by atoms with Crippen molar-refractivity contribution >= 4 is 33.4 Å². The van der Waals surface area contributed by atoms with Crippen molar-refractivity contribution in [2.45, 2.75) is 31.7 Å². The molecule has 1 aromatic rings. The van der Waals surface area contributed by atoms with Gasteiger partial charge in [0.25, 0.3) is 5.91 Å². The van der Waals surface area contributed by atoms with Crippen LogP contribution in [0.15, 0.2) is 16.7 Å². The fraction of sp³-hybridized carbons (Fsp3) is 0.583. The van der Waals surface area contributed by atoms with E-state index >= 15 is 0 Å². The van der Waals surface area contributed by atoms with Crippen LogP contribution in [0.5, 0.6) is 0 Å². The summed E-state index contributed by atoms with van der Waals surface area (Å²) in [5.74, 6) is 0.000762. The maximum absolute atomic E-state index is 12.3. The number of alkyl halides is 1. The number of hydrogen-bond acceptors (Lipinski definition) is 2. The highest BCUT2D eigenvalue weighted by Crippen LogP contribution is 2.26. The standard InChI is InChI=1S/C12H15BrClNO2/c13-6-1-3-9-4-2-7-15(9)12(16)10-5-8-17-11(10)14/h5,8-9H,1-4,6-7H2. The Morgan fingerprint density at radius 1 is 1.65 bits per heavy atom. The van der Waals surface area contributed by atoms with Gasteiger partial charge in [-0.15, -0.1) is 0 Å². The van der Waals surface area contributed by atoms with Crippen molar-refractivity contribution < 1.29 is 9.21 Å². The minimum Gasteiger partial charge on any atom is -0.452 e. The van der Waals surface area contributed by atoms with E-state index < -0.39 is 0 Å². The van der Waals surface area contributed by atoms with Crippen molar-refractivity contribution in [1.29, 1.82) is 0 Å². The first-order chi connectivity index (χ1) is 8.24. The number of halogens is 2. The molecule has 1 aliphatic rings. The van der Waals surface area contributed by atoms with Crippen LogP contribution >= 0.6 is 27.5 Å². The van der Waals surface area contributed by atoms with Crippen molar-refractivity contribution in [2.75, 3.05) is 11.9 Å². The van der Waals surface area contributed by atoms with Gasteiger partial charge in [0.05, 0.1) is 11.8 Å². The molecule has 1 saturated heterocycles. The third kappa shape index (κ3) is 2.86. The Balaban J connectivity index is 2.06. The maximum Gasteiger partial charge on any atom is 0.258 e. The molecule has 0 saturated carbocycles. The molecule has 1 fully saturated rings. The Labute approximate surface area is 114 Å². The van der Waals surface area contributed by atoms with Crippen molar-refractivity contribution in [2.24, 2.45) is 0 Å². The Bertz CT molecular complexity index is 394. The maximum atomic E-state index is 12.3. The van der Waals surface area contributed by atoms with Crippen LogP contribution in [-0.2, 0) is 0 Å². The fourth-order valence-corrected chi connectivity index (χ4v) is 2.84. The molecule has 0 aromatic carbocycles. The second-order valence-corrected chi connectivity index (χ2v) is 5.37. The SMILES string of the molecule is O=C(c1ccoc1Cl)N1CCCC1CCCBr. The minimum absolute atomic E-state index is 0.000762. The van der Waals surface area contributed by atoms with E-state index in [4.69, 9.17) is 16.0 Å². The third-order valence-corrected chi connectivity index (χ3v) is 4.01. The topological polar surface area (TPSA) is 33.5 Å². The van der Waals surface area contributed by atoms with Crippen LogP contribution in [0.3, 0.4) is 0 Å². The summed E-state index contributed by atoms with van der Waals surface area (Å²) in [6.07, 6.45) is 5.77. The van der Waals surface area contributed by atoms with Crippen LogP contribution in [0, 0.1) is 0 Å². The highest BCUT2D eigenvalue weighted by atomic mass is 79.9. The van der Waals surface area contributed by atoms with Crippen molar-refractivity contribution in [3.63, 3.8) is 0 Å². The Hall–Kier alpha value is -0.480. The van der Waals surface area contributed by atoms with Crippen LogP contribution in [0.1, 0.15) is 36.0 Å². The van der Waals surface area contributed by atoms with Crippen LogP contribution in [-0.4, -0.2) is 28.7 Å². The summed E-state index contributed by atoms with van der Waals surface area (Å²) in [5.41, 5.74) is 0.484. The van der Waals surface area contributed by atoms with E-state index in [-0.39, 0.29) is 11.1 Å². The van der Waals surface area contributed by atoms with Crippen molar-refractivity contribution in [3.8, 4) is 0 Å². The Morgan fingerprint density at radius 3 is 3.12 bits per heavy atom. The van der Waals surface area contributed by atoms with Gasteiger partial charge in [-0.1, -0.05) is 15.9 Å². The zero-order chi connectivity index (χ0) is 12.3. The zero-order valence-corrected chi connectivity index (χ0v) is 11.8. The molecule has 1 atom stereocenters. The third-order valence-electron chi connectivity index (χ3n) is 3.16. The Kier molecular flexibility index (Phi) is 4.51. The van der Waals surface area contributed by atoms with Crippen molar-refractivity contribution in [3.05, 3.63) is 23.1 Å². The summed E-state index contributed by atoms with van der Waals surface area (Å²) in [7, 11) is 0. The van der Waals surface area contributed by atoms with E-state index in [9.17, 15) is 4.79 Å². The highest BCUT2D eigenvalue weighted by molar-refractivity contribution is 9.09. The van der Waals surface area contributed by atoms with Gasteiger partial charge in [0.15, 0.2) is 0 Å². The molecule has 0 N–H and O–H groups in total. The second-order valence-electron chi connectivity index (χ2n) is 4.23. The molecule has 1 aromatic heterocycles. The number of nitrogens with zero attached hydrogens (tertiary/aromatic N) is 1. The van der Waals surface area contributed by atoms with Gasteiger partial charge in [0, 0.05) is 17.9 Å². The lowest BCUT2D eigenvalue weighted by molar-refractivity contribution is 0.0730. The summed E-state index contributed by atoms with van der Waals surface area (Å²) >= 11 is 9.27.